The smallest absolute Gasteiger partial charge is 0.322 e. The summed E-state index contributed by atoms with van der Waals surface area (Å²) in [4.78, 5) is 23.5. The Labute approximate surface area is 124 Å². The van der Waals surface area contributed by atoms with Crippen LogP contribution in [0, 0.1) is 6.92 Å². The van der Waals surface area contributed by atoms with Gasteiger partial charge in [-0.2, -0.15) is 0 Å². The number of rotatable bonds is 3. The third-order valence-electron chi connectivity index (χ3n) is 3.36. The Kier molecular flexibility index (Phi) is 3.35. The minimum atomic E-state index is -0.958. The van der Waals surface area contributed by atoms with Crippen LogP contribution in [0.3, 0.4) is 0 Å². The molecule has 0 radical (unpaired) electrons. The lowest BCUT2D eigenvalue weighted by Crippen LogP contribution is -2.14. The van der Waals surface area contributed by atoms with Crippen molar-refractivity contribution in [3.05, 3.63) is 52.2 Å². The van der Waals surface area contributed by atoms with Crippen molar-refractivity contribution in [1.82, 2.24) is 0 Å². The number of benzene rings is 2. The number of anilines is 1. The molecular weight excluding hydrogens is 286 g/mol. The molecule has 0 saturated carbocycles. The van der Waals surface area contributed by atoms with Crippen LogP contribution in [0.5, 0.6) is 0 Å². The van der Waals surface area contributed by atoms with Gasteiger partial charge in [0.25, 0.3) is 0 Å². The molecule has 0 fully saturated rings. The SMILES string of the molecule is Cc1ccc(NCC(=O)O)c2c(=O)c3ccccc3sc12. The fraction of sp³-hybridized carbons (Fsp3) is 0.125. The van der Waals surface area contributed by atoms with Crippen molar-refractivity contribution >= 4 is 43.2 Å². The molecule has 1 aromatic heterocycles. The molecule has 0 amide bonds. The first-order chi connectivity index (χ1) is 10.1. The van der Waals surface area contributed by atoms with Crippen LogP contribution in [0.1, 0.15) is 5.56 Å². The highest BCUT2D eigenvalue weighted by atomic mass is 32.1. The van der Waals surface area contributed by atoms with Crippen LogP contribution < -0.4 is 10.7 Å². The lowest BCUT2D eigenvalue weighted by Gasteiger charge is -2.10. The molecule has 0 unspecified atom stereocenters. The molecule has 5 heteroatoms. The summed E-state index contributed by atoms with van der Waals surface area (Å²) >= 11 is 1.55. The van der Waals surface area contributed by atoms with E-state index >= 15 is 0 Å². The first kappa shape index (κ1) is 13.6. The summed E-state index contributed by atoms with van der Waals surface area (Å²) in [5.74, 6) is -0.958. The van der Waals surface area contributed by atoms with Gasteiger partial charge in [0.2, 0.25) is 0 Å². The lowest BCUT2D eigenvalue weighted by atomic mass is 10.1. The normalized spacial score (nSPS) is 10.9. The zero-order valence-corrected chi connectivity index (χ0v) is 12.2. The molecule has 106 valence electrons. The largest absolute Gasteiger partial charge is 0.480 e. The van der Waals surface area contributed by atoms with Crippen LogP contribution in [0.2, 0.25) is 0 Å². The number of hydrogen-bond acceptors (Lipinski definition) is 4. The van der Waals surface area contributed by atoms with Gasteiger partial charge >= 0.3 is 5.97 Å². The second-order valence-corrected chi connectivity index (χ2v) is 5.86. The van der Waals surface area contributed by atoms with Crippen LogP contribution in [0.15, 0.2) is 41.2 Å². The summed E-state index contributed by atoms with van der Waals surface area (Å²) in [6.45, 7) is 1.74. The van der Waals surface area contributed by atoms with Gasteiger partial charge in [0.15, 0.2) is 5.43 Å². The summed E-state index contributed by atoms with van der Waals surface area (Å²) in [5.41, 5.74) is 1.53. The third-order valence-corrected chi connectivity index (χ3v) is 4.66. The van der Waals surface area contributed by atoms with E-state index in [1.165, 1.54) is 0 Å². The highest BCUT2D eigenvalue weighted by Crippen LogP contribution is 2.31. The van der Waals surface area contributed by atoms with Gasteiger partial charge in [-0.3, -0.25) is 9.59 Å². The number of carbonyl (C=O) groups is 1. The summed E-state index contributed by atoms with van der Waals surface area (Å²) in [7, 11) is 0. The average molecular weight is 299 g/mol. The number of carboxylic acid groups (broad SMARTS) is 1. The predicted molar refractivity (Wildman–Crippen MR) is 86.5 cm³/mol. The zero-order chi connectivity index (χ0) is 15.0. The van der Waals surface area contributed by atoms with Gasteiger partial charge in [0.1, 0.15) is 6.54 Å². The maximum absolute atomic E-state index is 12.7. The molecule has 0 atom stereocenters. The van der Waals surface area contributed by atoms with Crippen LogP contribution >= 0.6 is 11.3 Å². The fourth-order valence-electron chi connectivity index (χ4n) is 2.35. The summed E-state index contributed by atoms with van der Waals surface area (Å²) < 4.78 is 1.84. The zero-order valence-electron chi connectivity index (χ0n) is 11.3. The van der Waals surface area contributed by atoms with Crippen LogP contribution in [0.4, 0.5) is 5.69 Å². The number of aliphatic carboxylic acids is 1. The van der Waals surface area contributed by atoms with Crippen molar-refractivity contribution in [2.24, 2.45) is 0 Å². The van der Waals surface area contributed by atoms with Crippen molar-refractivity contribution < 1.29 is 9.90 Å². The van der Waals surface area contributed by atoms with E-state index in [0.29, 0.717) is 16.5 Å². The van der Waals surface area contributed by atoms with Gasteiger partial charge in [-0.25, -0.2) is 0 Å². The standard InChI is InChI=1S/C16H13NO3S/c1-9-6-7-11(17-8-13(18)19)14-15(20)10-4-2-3-5-12(10)21-16(9)14/h2-7,17H,8H2,1H3,(H,18,19). The van der Waals surface area contributed by atoms with Gasteiger partial charge in [-0.15, -0.1) is 11.3 Å². The van der Waals surface area contributed by atoms with Crippen molar-refractivity contribution in [2.45, 2.75) is 6.92 Å². The molecule has 1 heterocycles. The number of aryl methyl sites for hydroxylation is 1. The van der Waals surface area contributed by atoms with Crippen molar-refractivity contribution in [2.75, 3.05) is 11.9 Å². The number of carboxylic acids is 1. The van der Waals surface area contributed by atoms with Crippen molar-refractivity contribution in [3.63, 3.8) is 0 Å². The number of nitrogens with one attached hydrogen (secondary N) is 1. The van der Waals surface area contributed by atoms with Gasteiger partial charge in [-0.1, -0.05) is 18.2 Å². The minimum absolute atomic E-state index is 0.0593. The highest BCUT2D eigenvalue weighted by Gasteiger charge is 2.12. The van der Waals surface area contributed by atoms with E-state index in [4.69, 9.17) is 5.11 Å². The molecular formula is C16H13NO3S. The van der Waals surface area contributed by atoms with E-state index in [0.717, 1.165) is 15.0 Å². The van der Waals surface area contributed by atoms with Crippen molar-refractivity contribution in [3.8, 4) is 0 Å². The van der Waals surface area contributed by atoms with Gasteiger partial charge in [0, 0.05) is 20.5 Å². The fourth-order valence-corrected chi connectivity index (χ4v) is 3.52. The molecule has 0 aliphatic carbocycles. The Morgan fingerprint density at radius 1 is 1.24 bits per heavy atom. The van der Waals surface area contributed by atoms with E-state index in [2.05, 4.69) is 5.32 Å². The summed E-state index contributed by atoms with van der Waals surface area (Å²) in [6, 6.07) is 11.1. The van der Waals surface area contributed by atoms with Gasteiger partial charge < -0.3 is 10.4 Å². The van der Waals surface area contributed by atoms with Crippen LogP contribution in [-0.2, 0) is 4.79 Å². The van der Waals surface area contributed by atoms with E-state index in [9.17, 15) is 9.59 Å². The Hall–Kier alpha value is -2.40. The van der Waals surface area contributed by atoms with Crippen LogP contribution in [-0.4, -0.2) is 17.6 Å². The molecule has 4 nitrogen and oxygen atoms in total. The van der Waals surface area contributed by atoms with E-state index in [-0.39, 0.29) is 12.0 Å². The minimum Gasteiger partial charge on any atom is -0.480 e. The molecule has 2 aromatic carbocycles. The molecule has 0 saturated heterocycles. The second-order valence-electron chi connectivity index (χ2n) is 4.81. The summed E-state index contributed by atoms with van der Waals surface area (Å²) in [6.07, 6.45) is 0. The van der Waals surface area contributed by atoms with E-state index < -0.39 is 5.97 Å². The average Bonchev–Trinajstić information content (AvgIpc) is 2.47. The molecule has 0 aliphatic heterocycles. The third kappa shape index (κ3) is 2.36. The van der Waals surface area contributed by atoms with Crippen molar-refractivity contribution in [1.29, 1.82) is 0 Å². The Bertz CT molecular complexity index is 914. The Morgan fingerprint density at radius 3 is 2.76 bits per heavy atom. The maximum Gasteiger partial charge on any atom is 0.322 e. The highest BCUT2D eigenvalue weighted by molar-refractivity contribution is 7.24. The van der Waals surface area contributed by atoms with E-state index in [1.54, 1.807) is 23.5 Å². The molecule has 0 aliphatic rings. The summed E-state index contributed by atoms with van der Waals surface area (Å²) in [5, 5.41) is 12.9. The molecule has 2 N–H and O–H groups in total. The molecule has 0 spiro atoms. The molecule has 3 aromatic rings. The monoisotopic (exact) mass is 299 g/mol. The lowest BCUT2D eigenvalue weighted by molar-refractivity contribution is -0.134. The Balaban J connectivity index is 2.36. The molecule has 21 heavy (non-hydrogen) atoms. The van der Waals surface area contributed by atoms with Gasteiger partial charge in [-0.05, 0) is 30.7 Å². The number of hydrogen-bond donors (Lipinski definition) is 2. The maximum atomic E-state index is 12.7. The first-order valence-electron chi connectivity index (χ1n) is 6.49. The topological polar surface area (TPSA) is 66.4 Å². The number of fused-ring (bicyclic) bond motifs is 2. The molecule has 0 bridgehead atoms. The Morgan fingerprint density at radius 2 is 2.00 bits per heavy atom. The van der Waals surface area contributed by atoms with E-state index in [1.807, 2.05) is 31.2 Å². The van der Waals surface area contributed by atoms with Gasteiger partial charge in [0.05, 0.1) is 5.39 Å². The second kappa shape index (κ2) is 5.18. The first-order valence-corrected chi connectivity index (χ1v) is 7.30. The molecule has 3 rings (SSSR count). The quantitative estimate of drug-likeness (QED) is 0.729. The van der Waals surface area contributed by atoms with Crippen LogP contribution in [0.25, 0.3) is 20.2 Å². The predicted octanol–water partition coefficient (Wildman–Crippen LogP) is 3.22.